The highest BCUT2D eigenvalue weighted by Crippen LogP contribution is 2.34. The third-order valence-electron chi connectivity index (χ3n) is 5.07. The molecule has 0 unspecified atom stereocenters. The molecule has 3 rings (SSSR count). The zero-order valence-corrected chi connectivity index (χ0v) is 20.9. The number of aryl methyl sites for hydroxylation is 2. The summed E-state index contributed by atoms with van der Waals surface area (Å²) in [6.07, 6.45) is 0. The van der Waals surface area contributed by atoms with Crippen molar-refractivity contribution in [3.8, 4) is 16.9 Å². The number of halogens is 2. The molecule has 0 bridgehead atoms. The smallest absolute Gasteiger partial charge is 0.340 e. The van der Waals surface area contributed by atoms with E-state index in [0.29, 0.717) is 38.3 Å². The van der Waals surface area contributed by atoms with Gasteiger partial charge in [-0.15, -0.1) is 0 Å². The van der Waals surface area contributed by atoms with Crippen LogP contribution in [0.15, 0.2) is 42.5 Å². The molecule has 0 saturated heterocycles. The largest absolute Gasteiger partial charge is 0.489 e. The Hall–Kier alpha value is -3.09. The normalized spacial score (nSPS) is 10.6. The second-order valence-corrected chi connectivity index (χ2v) is 8.24. The third-order valence-corrected chi connectivity index (χ3v) is 5.66. The first-order valence-corrected chi connectivity index (χ1v) is 11.5. The monoisotopic (exact) mass is 501 g/mol. The number of benzene rings is 2. The number of aromatic nitrogens is 1. The fourth-order valence-electron chi connectivity index (χ4n) is 3.56. The van der Waals surface area contributed by atoms with Crippen molar-refractivity contribution in [1.82, 2.24) is 4.98 Å². The second kappa shape index (κ2) is 11.4. The molecule has 0 aliphatic carbocycles. The highest BCUT2D eigenvalue weighted by atomic mass is 35.5. The molecule has 3 aromatic rings. The van der Waals surface area contributed by atoms with Gasteiger partial charge in [-0.1, -0.05) is 41.4 Å². The summed E-state index contributed by atoms with van der Waals surface area (Å²) >= 11 is 12.2. The molecule has 1 heterocycles. The lowest BCUT2D eigenvalue weighted by Crippen LogP contribution is -2.17. The predicted octanol–water partition coefficient (Wildman–Crippen LogP) is 6.60. The summed E-state index contributed by atoms with van der Waals surface area (Å²) in [5, 5.41) is 1.07. The Labute approximate surface area is 208 Å². The van der Waals surface area contributed by atoms with Crippen LogP contribution in [0.4, 0.5) is 0 Å². The minimum Gasteiger partial charge on any atom is -0.489 e. The van der Waals surface area contributed by atoms with Gasteiger partial charge in [0.2, 0.25) is 0 Å². The number of esters is 2. The number of nitrogens with zero attached hydrogens (tertiary/aromatic N) is 1. The van der Waals surface area contributed by atoms with Crippen molar-refractivity contribution in [1.29, 1.82) is 0 Å². The molecule has 0 aliphatic rings. The van der Waals surface area contributed by atoms with Gasteiger partial charge in [-0.05, 0) is 57.5 Å². The van der Waals surface area contributed by atoms with Gasteiger partial charge >= 0.3 is 11.9 Å². The Bertz CT molecular complexity index is 1170. The molecule has 34 heavy (non-hydrogen) atoms. The van der Waals surface area contributed by atoms with Gasteiger partial charge < -0.3 is 14.2 Å². The number of hydrogen-bond acceptors (Lipinski definition) is 6. The number of carbonyl (C=O) groups is 2. The van der Waals surface area contributed by atoms with Crippen molar-refractivity contribution in [2.75, 3.05) is 13.2 Å². The zero-order valence-electron chi connectivity index (χ0n) is 19.4. The molecular weight excluding hydrogens is 477 g/mol. The van der Waals surface area contributed by atoms with E-state index in [1.807, 2.05) is 0 Å². The molecule has 0 atom stereocenters. The first kappa shape index (κ1) is 25.5. The van der Waals surface area contributed by atoms with Crippen LogP contribution in [0.3, 0.4) is 0 Å². The standard InChI is InChI=1S/C26H25Cl2NO5/c1-5-32-25(30)22-15(3)29-16(4)23(26(31)33-6-2)24(22)17-8-11-20(12-9-17)34-14-18-7-10-19(27)13-21(18)28/h7-13H,5-6,14H2,1-4H3. The van der Waals surface area contributed by atoms with Crippen molar-refractivity contribution in [2.24, 2.45) is 0 Å². The van der Waals surface area contributed by atoms with Crippen LogP contribution in [0, 0.1) is 13.8 Å². The lowest BCUT2D eigenvalue weighted by atomic mass is 9.92. The highest BCUT2D eigenvalue weighted by molar-refractivity contribution is 6.35. The molecule has 6 nitrogen and oxygen atoms in total. The number of pyridine rings is 1. The Kier molecular flexibility index (Phi) is 8.53. The SMILES string of the molecule is CCOC(=O)c1c(C)nc(C)c(C(=O)OCC)c1-c1ccc(OCc2ccc(Cl)cc2Cl)cc1. The number of ether oxygens (including phenoxy) is 3. The molecule has 0 saturated carbocycles. The molecule has 1 aromatic heterocycles. The van der Waals surface area contributed by atoms with Crippen LogP contribution in [0.25, 0.3) is 11.1 Å². The van der Waals surface area contributed by atoms with Crippen LogP contribution < -0.4 is 4.74 Å². The zero-order chi connectivity index (χ0) is 24.8. The first-order valence-electron chi connectivity index (χ1n) is 10.8. The van der Waals surface area contributed by atoms with Gasteiger partial charge in [-0.25, -0.2) is 9.59 Å². The van der Waals surface area contributed by atoms with Crippen LogP contribution in [-0.2, 0) is 16.1 Å². The fraction of sp³-hybridized carbons (Fsp3) is 0.269. The van der Waals surface area contributed by atoms with Crippen LogP contribution in [0.5, 0.6) is 5.75 Å². The Morgan fingerprint density at radius 1 is 0.853 bits per heavy atom. The van der Waals surface area contributed by atoms with E-state index in [0.717, 1.165) is 5.56 Å². The Morgan fingerprint density at radius 3 is 1.91 bits per heavy atom. The van der Waals surface area contributed by atoms with E-state index in [2.05, 4.69) is 4.98 Å². The summed E-state index contributed by atoms with van der Waals surface area (Å²) in [6.45, 7) is 7.52. The molecule has 178 valence electrons. The van der Waals surface area contributed by atoms with Crippen molar-refractivity contribution in [3.05, 3.63) is 80.6 Å². The maximum atomic E-state index is 12.8. The molecule has 0 spiro atoms. The van der Waals surface area contributed by atoms with Gasteiger partial charge in [0.15, 0.2) is 0 Å². The Morgan fingerprint density at radius 2 is 1.41 bits per heavy atom. The maximum absolute atomic E-state index is 12.8. The molecule has 0 aliphatic heterocycles. The second-order valence-electron chi connectivity index (χ2n) is 7.40. The topological polar surface area (TPSA) is 74.7 Å². The molecule has 0 amide bonds. The highest BCUT2D eigenvalue weighted by Gasteiger charge is 2.27. The van der Waals surface area contributed by atoms with Crippen molar-refractivity contribution >= 4 is 35.1 Å². The molecule has 0 N–H and O–H groups in total. The van der Waals surface area contributed by atoms with Crippen LogP contribution in [-0.4, -0.2) is 30.1 Å². The number of carbonyl (C=O) groups excluding carboxylic acids is 2. The van der Waals surface area contributed by atoms with E-state index in [-0.39, 0.29) is 30.9 Å². The average Bonchev–Trinajstić information content (AvgIpc) is 2.78. The van der Waals surface area contributed by atoms with Crippen LogP contribution in [0.1, 0.15) is 51.5 Å². The van der Waals surface area contributed by atoms with E-state index in [4.69, 9.17) is 37.4 Å². The predicted molar refractivity (Wildman–Crippen MR) is 132 cm³/mol. The van der Waals surface area contributed by atoms with Crippen molar-refractivity contribution < 1.29 is 23.8 Å². The average molecular weight is 502 g/mol. The van der Waals surface area contributed by atoms with E-state index >= 15 is 0 Å². The number of rotatable bonds is 8. The summed E-state index contributed by atoms with van der Waals surface area (Å²) in [5.74, 6) is -0.510. The summed E-state index contributed by atoms with van der Waals surface area (Å²) in [5.41, 5.74) is 3.26. The summed E-state index contributed by atoms with van der Waals surface area (Å²) in [6, 6.07) is 12.3. The van der Waals surface area contributed by atoms with Gasteiger partial charge in [0.1, 0.15) is 12.4 Å². The van der Waals surface area contributed by atoms with Gasteiger partial charge in [0.05, 0.1) is 35.7 Å². The minimum absolute atomic E-state index is 0.195. The van der Waals surface area contributed by atoms with Gasteiger partial charge in [0, 0.05) is 21.2 Å². The van der Waals surface area contributed by atoms with Gasteiger partial charge in [-0.2, -0.15) is 0 Å². The maximum Gasteiger partial charge on any atom is 0.340 e. The lowest BCUT2D eigenvalue weighted by molar-refractivity contribution is 0.0525. The van der Waals surface area contributed by atoms with Crippen LogP contribution in [0.2, 0.25) is 10.0 Å². The molecule has 8 heteroatoms. The van der Waals surface area contributed by atoms with E-state index < -0.39 is 11.9 Å². The lowest BCUT2D eigenvalue weighted by Gasteiger charge is -2.18. The Balaban J connectivity index is 2.01. The summed E-state index contributed by atoms with van der Waals surface area (Å²) in [7, 11) is 0. The fourth-order valence-corrected chi connectivity index (χ4v) is 4.03. The molecular formula is C26H25Cl2NO5. The van der Waals surface area contributed by atoms with Crippen molar-refractivity contribution in [3.63, 3.8) is 0 Å². The summed E-state index contributed by atoms with van der Waals surface area (Å²) < 4.78 is 16.4. The van der Waals surface area contributed by atoms with Gasteiger partial charge in [0.25, 0.3) is 0 Å². The number of hydrogen-bond donors (Lipinski definition) is 0. The van der Waals surface area contributed by atoms with Crippen LogP contribution >= 0.6 is 23.2 Å². The van der Waals surface area contributed by atoms with Gasteiger partial charge in [-0.3, -0.25) is 4.98 Å². The quantitative estimate of drug-likeness (QED) is 0.323. The van der Waals surface area contributed by atoms with E-state index in [9.17, 15) is 9.59 Å². The molecule has 0 fully saturated rings. The first-order chi connectivity index (χ1) is 16.3. The van der Waals surface area contributed by atoms with Crippen molar-refractivity contribution in [2.45, 2.75) is 34.3 Å². The molecule has 2 aromatic carbocycles. The summed E-state index contributed by atoms with van der Waals surface area (Å²) in [4.78, 5) is 30.1. The van der Waals surface area contributed by atoms with E-state index in [1.54, 1.807) is 70.2 Å². The minimum atomic E-state index is -0.550. The molecule has 0 radical (unpaired) electrons. The third kappa shape index (κ3) is 5.69. The van der Waals surface area contributed by atoms with E-state index in [1.165, 1.54) is 0 Å².